The zero-order valence-electron chi connectivity index (χ0n) is 17.0. The number of oxazole rings is 1. The van der Waals surface area contributed by atoms with Crippen LogP contribution in [0.5, 0.6) is 5.75 Å². The van der Waals surface area contributed by atoms with E-state index in [2.05, 4.69) is 4.98 Å². The summed E-state index contributed by atoms with van der Waals surface area (Å²) in [6, 6.07) is 11.5. The Kier molecular flexibility index (Phi) is 6.18. The van der Waals surface area contributed by atoms with Crippen molar-refractivity contribution in [1.82, 2.24) is 9.88 Å². The molecule has 0 aliphatic carbocycles. The van der Waals surface area contributed by atoms with Crippen LogP contribution >= 0.6 is 0 Å². The van der Waals surface area contributed by atoms with Gasteiger partial charge in [-0.05, 0) is 61.3 Å². The Morgan fingerprint density at radius 3 is 2.72 bits per heavy atom. The summed E-state index contributed by atoms with van der Waals surface area (Å²) in [6.07, 6.45) is -1.48. The van der Waals surface area contributed by atoms with Crippen molar-refractivity contribution in [3.05, 3.63) is 71.6 Å². The predicted molar refractivity (Wildman–Crippen MR) is 109 cm³/mol. The van der Waals surface area contributed by atoms with E-state index in [0.717, 1.165) is 30.7 Å². The summed E-state index contributed by atoms with van der Waals surface area (Å²) in [6.45, 7) is 1.39. The molecule has 1 saturated heterocycles. The van der Waals surface area contributed by atoms with Crippen molar-refractivity contribution in [2.45, 2.75) is 38.2 Å². The second kappa shape index (κ2) is 9.04. The highest BCUT2D eigenvalue weighted by Crippen LogP contribution is 2.31. The lowest BCUT2D eigenvalue weighted by Crippen LogP contribution is -2.35. The number of ether oxygens (including phenoxy) is 1. The molecule has 0 radical (unpaired) electrons. The molecule has 1 fully saturated rings. The van der Waals surface area contributed by atoms with Crippen molar-refractivity contribution in [3.8, 4) is 17.2 Å². The van der Waals surface area contributed by atoms with Gasteiger partial charge in [-0.1, -0.05) is 12.1 Å². The van der Waals surface area contributed by atoms with Crippen molar-refractivity contribution >= 4 is 5.97 Å². The summed E-state index contributed by atoms with van der Waals surface area (Å²) in [5.41, 5.74) is 1.14. The maximum absolute atomic E-state index is 12.7. The number of carbonyl (C=O) groups is 1. The van der Waals surface area contributed by atoms with Crippen molar-refractivity contribution < 1.29 is 32.2 Å². The topological polar surface area (TPSA) is 75.8 Å². The molecule has 0 unspecified atom stereocenters. The summed E-state index contributed by atoms with van der Waals surface area (Å²) < 4.78 is 49.3. The SMILES string of the molecule is O=C(O)[C@H]1CCCN1Cc1cccc(OCc2coc(-c3ccc(C(F)(F)F)cc3)n2)c1. The molecule has 1 aliphatic heterocycles. The number of carboxylic acid groups (broad SMARTS) is 1. The van der Waals surface area contributed by atoms with Crippen LogP contribution in [0.4, 0.5) is 13.2 Å². The minimum absolute atomic E-state index is 0.120. The largest absolute Gasteiger partial charge is 0.487 e. The van der Waals surface area contributed by atoms with E-state index < -0.39 is 23.8 Å². The van der Waals surface area contributed by atoms with Crippen LogP contribution in [0.2, 0.25) is 0 Å². The number of halogens is 3. The molecule has 1 aliphatic rings. The Morgan fingerprint density at radius 1 is 1.22 bits per heavy atom. The van der Waals surface area contributed by atoms with E-state index in [0.29, 0.717) is 30.0 Å². The first kappa shape index (κ1) is 21.9. The number of carboxylic acids is 1. The maximum Gasteiger partial charge on any atom is 0.416 e. The van der Waals surface area contributed by atoms with Gasteiger partial charge in [0.2, 0.25) is 5.89 Å². The van der Waals surface area contributed by atoms with Crippen LogP contribution in [-0.2, 0) is 24.1 Å². The van der Waals surface area contributed by atoms with E-state index in [1.54, 1.807) is 6.07 Å². The lowest BCUT2D eigenvalue weighted by atomic mass is 10.1. The van der Waals surface area contributed by atoms with Gasteiger partial charge in [-0.15, -0.1) is 0 Å². The van der Waals surface area contributed by atoms with E-state index in [9.17, 15) is 23.1 Å². The molecule has 1 N–H and O–H groups in total. The van der Waals surface area contributed by atoms with Gasteiger partial charge in [0.25, 0.3) is 0 Å². The average Bonchev–Trinajstić information content (AvgIpc) is 3.42. The number of hydrogen-bond acceptors (Lipinski definition) is 5. The number of rotatable bonds is 7. The number of aromatic nitrogens is 1. The number of benzene rings is 2. The third-order valence-electron chi connectivity index (χ3n) is 5.33. The van der Waals surface area contributed by atoms with Crippen molar-refractivity contribution in [2.24, 2.45) is 0 Å². The van der Waals surface area contributed by atoms with E-state index >= 15 is 0 Å². The van der Waals surface area contributed by atoms with E-state index in [1.807, 2.05) is 23.1 Å². The Morgan fingerprint density at radius 2 is 2.00 bits per heavy atom. The number of hydrogen-bond donors (Lipinski definition) is 1. The van der Waals surface area contributed by atoms with Gasteiger partial charge in [-0.2, -0.15) is 13.2 Å². The fourth-order valence-electron chi connectivity index (χ4n) is 3.73. The summed E-state index contributed by atoms with van der Waals surface area (Å²) in [4.78, 5) is 17.6. The number of alkyl halides is 3. The molecule has 4 rings (SSSR count). The molecular formula is C23H21F3N2O4. The van der Waals surface area contributed by atoms with Gasteiger partial charge in [-0.25, -0.2) is 4.98 Å². The lowest BCUT2D eigenvalue weighted by molar-refractivity contribution is -0.142. The molecule has 6 nitrogen and oxygen atoms in total. The Bertz CT molecular complexity index is 1080. The van der Waals surface area contributed by atoms with Crippen LogP contribution in [0.3, 0.4) is 0 Å². The van der Waals surface area contributed by atoms with Crippen LogP contribution in [0, 0.1) is 0 Å². The molecule has 1 aromatic heterocycles. The zero-order chi connectivity index (χ0) is 22.7. The Hall–Kier alpha value is -3.33. The molecule has 3 aromatic rings. The van der Waals surface area contributed by atoms with Crippen LogP contribution in [0.25, 0.3) is 11.5 Å². The molecule has 9 heteroatoms. The van der Waals surface area contributed by atoms with Gasteiger partial charge in [0.1, 0.15) is 30.4 Å². The smallest absolute Gasteiger partial charge is 0.416 e. The normalized spacial score (nSPS) is 16.9. The summed E-state index contributed by atoms with van der Waals surface area (Å²) in [5.74, 6) is 0.0114. The molecule has 32 heavy (non-hydrogen) atoms. The third kappa shape index (κ3) is 5.11. The molecule has 1 atom stereocenters. The molecular weight excluding hydrogens is 425 g/mol. The van der Waals surface area contributed by atoms with Crippen molar-refractivity contribution in [1.29, 1.82) is 0 Å². The number of likely N-dealkylation sites (tertiary alicyclic amines) is 1. The van der Waals surface area contributed by atoms with Crippen LogP contribution in [0.15, 0.2) is 59.2 Å². The first-order valence-electron chi connectivity index (χ1n) is 10.1. The van der Waals surface area contributed by atoms with E-state index in [4.69, 9.17) is 9.15 Å². The highest BCUT2D eigenvalue weighted by Gasteiger charge is 2.31. The van der Waals surface area contributed by atoms with Crippen molar-refractivity contribution in [2.75, 3.05) is 6.54 Å². The fraction of sp³-hybridized carbons (Fsp3) is 0.304. The maximum atomic E-state index is 12.7. The predicted octanol–water partition coefficient (Wildman–Crippen LogP) is 4.99. The van der Waals surface area contributed by atoms with Crippen LogP contribution in [-0.4, -0.2) is 33.5 Å². The quantitative estimate of drug-likeness (QED) is 0.551. The average molecular weight is 446 g/mol. The van der Waals surface area contributed by atoms with Gasteiger partial charge in [0, 0.05) is 12.1 Å². The lowest BCUT2D eigenvalue weighted by Gasteiger charge is -2.21. The zero-order valence-corrected chi connectivity index (χ0v) is 17.0. The van der Waals surface area contributed by atoms with Crippen LogP contribution in [0.1, 0.15) is 29.7 Å². The summed E-state index contributed by atoms with van der Waals surface area (Å²) in [5, 5.41) is 9.33. The highest BCUT2D eigenvalue weighted by molar-refractivity contribution is 5.73. The second-order valence-corrected chi connectivity index (χ2v) is 7.62. The van der Waals surface area contributed by atoms with Gasteiger partial charge >= 0.3 is 12.1 Å². The molecule has 2 heterocycles. The Labute approximate surface area is 182 Å². The minimum Gasteiger partial charge on any atom is -0.487 e. The van der Waals surface area contributed by atoms with Gasteiger partial charge in [0.15, 0.2) is 0 Å². The second-order valence-electron chi connectivity index (χ2n) is 7.62. The molecule has 0 saturated carbocycles. The summed E-state index contributed by atoms with van der Waals surface area (Å²) in [7, 11) is 0. The third-order valence-corrected chi connectivity index (χ3v) is 5.33. The first-order valence-corrected chi connectivity index (χ1v) is 10.1. The van der Waals surface area contributed by atoms with Crippen LogP contribution < -0.4 is 4.74 Å². The van der Waals surface area contributed by atoms with Crippen molar-refractivity contribution in [3.63, 3.8) is 0 Å². The first-order chi connectivity index (χ1) is 15.3. The molecule has 0 amide bonds. The molecule has 0 spiro atoms. The fourth-order valence-corrected chi connectivity index (χ4v) is 3.73. The number of nitrogens with zero attached hydrogens (tertiary/aromatic N) is 2. The Balaban J connectivity index is 1.37. The minimum atomic E-state index is -4.40. The monoisotopic (exact) mass is 446 g/mol. The molecule has 2 aromatic carbocycles. The van der Waals surface area contributed by atoms with Gasteiger partial charge in [0.05, 0.1) is 5.56 Å². The van der Waals surface area contributed by atoms with E-state index in [1.165, 1.54) is 18.4 Å². The summed E-state index contributed by atoms with van der Waals surface area (Å²) >= 11 is 0. The standard InChI is InChI=1S/C23H21F3N2O4/c24-23(25,26)17-8-6-16(7-9-17)21-27-18(14-32-21)13-31-19-4-1-3-15(11-19)12-28-10-2-5-20(28)22(29)30/h1,3-4,6-9,11,14,20H,2,5,10,12-13H2,(H,29,30)/t20-/m1/s1. The number of aliphatic carboxylic acids is 1. The molecule has 0 bridgehead atoms. The highest BCUT2D eigenvalue weighted by atomic mass is 19.4. The van der Waals surface area contributed by atoms with Gasteiger partial charge in [-0.3, -0.25) is 9.69 Å². The molecule has 168 valence electrons. The van der Waals surface area contributed by atoms with E-state index in [-0.39, 0.29) is 12.5 Å². The van der Waals surface area contributed by atoms with Gasteiger partial charge < -0.3 is 14.3 Å².